The van der Waals surface area contributed by atoms with E-state index in [1.54, 1.807) is 6.92 Å². The summed E-state index contributed by atoms with van der Waals surface area (Å²) in [5.41, 5.74) is 1.65. The predicted molar refractivity (Wildman–Crippen MR) is 85.6 cm³/mol. The molecule has 1 N–H and O–H groups in total. The van der Waals surface area contributed by atoms with Crippen LogP contribution in [-0.4, -0.2) is 26.1 Å². The van der Waals surface area contributed by atoms with E-state index >= 15 is 0 Å². The molecular formula is C16H32O2Si. The van der Waals surface area contributed by atoms with Gasteiger partial charge in [-0.3, -0.25) is 0 Å². The van der Waals surface area contributed by atoms with E-state index in [-0.39, 0.29) is 5.92 Å². The van der Waals surface area contributed by atoms with Crippen LogP contribution < -0.4 is 0 Å². The van der Waals surface area contributed by atoms with Crippen LogP contribution in [0.15, 0.2) is 0 Å². The molecule has 0 fully saturated rings. The molecule has 0 heterocycles. The van der Waals surface area contributed by atoms with Crippen molar-refractivity contribution in [1.82, 2.24) is 0 Å². The molecule has 0 radical (unpaired) electrons. The van der Waals surface area contributed by atoms with Crippen LogP contribution in [0.3, 0.4) is 0 Å². The molecule has 2 atom stereocenters. The zero-order valence-corrected chi connectivity index (χ0v) is 14.9. The zero-order valence-electron chi connectivity index (χ0n) is 13.9. The number of aliphatic hydroxyl groups is 1. The maximum atomic E-state index is 10.2. The summed E-state index contributed by atoms with van der Waals surface area (Å²) in [5, 5.41) is 10.2. The standard InChI is InChI=1S/C16H32O2Si/c1-9-10-15(8)16(17)11-18-19(12(2)3,13(4)5)14(6)7/h12-17H,11H2,1-8H3/t15-,16-/m0/s1. The minimum absolute atomic E-state index is 0.0248. The van der Waals surface area contributed by atoms with E-state index in [4.69, 9.17) is 4.43 Å². The van der Waals surface area contributed by atoms with Crippen molar-refractivity contribution in [1.29, 1.82) is 0 Å². The topological polar surface area (TPSA) is 29.5 Å². The Bertz CT molecular complexity index is 291. The molecule has 0 aliphatic rings. The molecule has 0 spiro atoms. The van der Waals surface area contributed by atoms with Crippen LogP contribution in [0.2, 0.25) is 16.6 Å². The minimum Gasteiger partial charge on any atom is -0.413 e. The van der Waals surface area contributed by atoms with E-state index in [0.29, 0.717) is 23.2 Å². The van der Waals surface area contributed by atoms with E-state index in [2.05, 4.69) is 53.4 Å². The number of aliphatic hydroxyl groups excluding tert-OH is 1. The summed E-state index contributed by atoms with van der Waals surface area (Å²) in [6, 6.07) is 0. The van der Waals surface area contributed by atoms with E-state index < -0.39 is 14.4 Å². The Morgan fingerprint density at radius 2 is 1.37 bits per heavy atom. The van der Waals surface area contributed by atoms with E-state index in [9.17, 15) is 5.11 Å². The van der Waals surface area contributed by atoms with Gasteiger partial charge in [0.05, 0.1) is 12.7 Å². The maximum Gasteiger partial charge on any atom is 0.200 e. The molecule has 0 saturated heterocycles. The first kappa shape index (κ1) is 18.7. The molecule has 0 aliphatic heterocycles. The molecule has 0 aromatic rings. The fraction of sp³-hybridized carbons (Fsp3) is 0.875. The summed E-state index contributed by atoms with van der Waals surface area (Å²) in [6.45, 7) is 17.7. The largest absolute Gasteiger partial charge is 0.413 e. The van der Waals surface area contributed by atoms with Crippen LogP contribution in [0.1, 0.15) is 55.4 Å². The molecule has 0 aromatic carbocycles. The molecule has 0 bridgehead atoms. The average molecular weight is 285 g/mol. The molecule has 2 nitrogen and oxygen atoms in total. The quantitative estimate of drug-likeness (QED) is 0.561. The van der Waals surface area contributed by atoms with Crippen molar-refractivity contribution in [3.63, 3.8) is 0 Å². The Labute approximate surface area is 121 Å². The minimum atomic E-state index is -1.87. The van der Waals surface area contributed by atoms with Gasteiger partial charge < -0.3 is 9.53 Å². The summed E-state index contributed by atoms with van der Waals surface area (Å²) in [5.74, 6) is 5.84. The average Bonchev–Trinajstić information content (AvgIpc) is 2.28. The summed E-state index contributed by atoms with van der Waals surface area (Å²) >= 11 is 0. The lowest BCUT2D eigenvalue weighted by Gasteiger charge is -2.42. The first-order valence-electron chi connectivity index (χ1n) is 7.44. The number of rotatable bonds is 7. The second-order valence-electron chi connectivity index (χ2n) is 6.38. The Morgan fingerprint density at radius 3 is 1.68 bits per heavy atom. The Kier molecular flexibility index (Phi) is 7.96. The lowest BCUT2D eigenvalue weighted by molar-refractivity contribution is 0.0737. The van der Waals surface area contributed by atoms with Gasteiger partial charge in [0.15, 0.2) is 8.32 Å². The Hall–Kier alpha value is -0.303. The second-order valence-corrected chi connectivity index (χ2v) is 11.8. The van der Waals surface area contributed by atoms with Crippen molar-refractivity contribution < 1.29 is 9.53 Å². The van der Waals surface area contributed by atoms with Crippen molar-refractivity contribution >= 4 is 8.32 Å². The van der Waals surface area contributed by atoms with Crippen molar-refractivity contribution in [3.05, 3.63) is 0 Å². The molecule has 0 rings (SSSR count). The number of hydrogen-bond donors (Lipinski definition) is 1. The van der Waals surface area contributed by atoms with Gasteiger partial charge in [-0.2, -0.15) is 0 Å². The molecule has 0 unspecified atom stereocenters. The van der Waals surface area contributed by atoms with Crippen LogP contribution in [0.5, 0.6) is 0 Å². The second kappa shape index (κ2) is 8.09. The summed E-state index contributed by atoms with van der Waals surface area (Å²) in [6.07, 6.45) is -0.490. The summed E-state index contributed by atoms with van der Waals surface area (Å²) < 4.78 is 6.36. The van der Waals surface area contributed by atoms with Crippen LogP contribution in [0.25, 0.3) is 0 Å². The third kappa shape index (κ3) is 4.63. The Morgan fingerprint density at radius 1 is 0.947 bits per heavy atom. The van der Waals surface area contributed by atoms with Crippen molar-refractivity contribution in [2.45, 2.75) is 78.1 Å². The highest BCUT2D eigenvalue weighted by molar-refractivity contribution is 6.77. The Balaban J connectivity index is 4.89. The first-order chi connectivity index (χ1) is 8.70. The SMILES string of the molecule is CC#C[C@H](C)[C@@H](O)CO[Si](C(C)C)(C(C)C)C(C)C. The molecule has 0 aliphatic carbocycles. The van der Waals surface area contributed by atoms with Crippen molar-refractivity contribution in [2.24, 2.45) is 5.92 Å². The highest BCUT2D eigenvalue weighted by Gasteiger charge is 2.45. The third-order valence-corrected chi connectivity index (χ3v) is 10.2. The fourth-order valence-electron chi connectivity index (χ4n) is 3.20. The third-order valence-electron chi connectivity index (χ3n) is 4.16. The van der Waals surface area contributed by atoms with Crippen LogP contribution in [0, 0.1) is 17.8 Å². The van der Waals surface area contributed by atoms with Crippen LogP contribution >= 0.6 is 0 Å². The van der Waals surface area contributed by atoms with E-state index in [1.165, 1.54) is 0 Å². The zero-order chi connectivity index (χ0) is 15.2. The first-order valence-corrected chi connectivity index (χ1v) is 9.58. The predicted octanol–water partition coefficient (Wildman–Crippen LogP) is 4.20. The van der Waals surface area contributed by atoms with Gasteiger partial charge >= 0.3 is 0 Å². The molecule has 0 amide bonds. The van der Waals surface area contributed by atoms with Crippen molar-refractivity contribution in [3.8, 4) is 11.8 Å². The number of hydrogen-bond acceptors (Lipinski definition) is 2. The molecule has 0 aromatic heterocycles. The molecule has 19 heavy (non-hydrogen) atoms. The van der Waals surface area contributed by atoms with Gasteiger partial charge in [-0.15, -0.1) is 5.92 Å². The van der Waals surface area contributed by atoms with E-state index in [0.717, 1.165) is 0 Å². The summed E-state index contributed by atoms with van der Waals surface area (Å²) in [4.78, 5) is 0. The summed E-state index contributed by atoms with van der Waals surface area (Å²) in [7, 11) is -1.87. The van der Waals surface area contributed by atoms with Gasteiger partial charge in [0.2, 0.25) is 0 Å². The van der Waals surface area contributed by atoms with E-state index in [1.807, 2.05) is 6.92 Å². The van der Waals surface area contributed by atoms with Gasteiger partial charge in [-0.25, -0.2) is 0 Å². The maximum absolute atomic E-state index is 10.2. The monoisotopic (exact) mass is 284 g/mol. The van der Waals surface area contributed by atoms with Gasteiger partial charge in [-0.05, 0) is 30.5 Å². The molecule has 0 saturated carbocycles. The smallest absolute Gasteiger partial charge is 0.200 e. The molecular weight excluding hydrogens is 252 g/mol. The highest BCUT2D eigenvalue weighted by Crippen LogP contribution is 2.42. The normalized spacial score (nSPS) is 15.6. The van der Waals surface area contributed by atoms with Crippen LogP contribution in [0.4, 0.5) is 0 Å². The van der Waals surface area contributed by atoms with Gasteiger partial charge in [0, 0.05) is 5.92 Å². The van der Waals surface area contributed by atoms with Crippen molar-refractivity contribution in [2.75, 3.05) is 6.61 Å². The lowest BCUT2D eigenvalue weighted by Crippen LogP contribution is -2.49. The van der Waals surface area contributed by atoms with Crippen LogP contribution in [-0.2, 0) is 4.43 Å². The molecule has 3 heteroatoms. The van der Waals surface area contributed by atoms with Gasteiger partial charge in [0.25, 0.3) is 0 Å². The van der Waals surface area contributed by atoms with Gasteiger partial charge in [-0.1, -0.05) is 47.5 Å². The fourth-order valence-corrected chi connectivity index (χ4v) is 8.66. The van der Waals surface area contributed by atoms with Gasteiger partial charge in [0.1, 0.15) is 0 Å². The lowest BCUT2D eigenvalue weighted by atomic mass is 10.1. The highest BCUT2D eigenvalue weighted by atomic mass is 28.4. The molecule has 112 valence electrons.